The van der Waals surface area contributed by atoms with Gasteiger partial charge >= 0.3 is 0 Å². The Hall–Kier alpha value is -3.26. The average molecular weight is 368 g/mol. The minimum absolute atomic E-state index is 0.0669. The number of carbonyl (C=O) groups excluding carboxylic acids is 2. The molecule has 2 N–H and O–H groups in total. The van der Waals surface area contributed by atoms with E-state index in [1.54, 1.807) is 48.0 Å². The number of hydrogen-bond donors (Lipinski definition) is 2. The fourth-order valence-electron chi connectivity index (χ4n) is 2.19. The third kappa shape index (κ3) is 4.42. The predicted molar refractivity (Wildman–Crippen MR) is 99.6 cm³/mol. The fraction of sp³-hybridized carbons (Fsp3) is 0.111. The molecule has 2 heterocycles. The summed E-state index contributed by atoms with van der Waals surface area (Å²) in [6.45, 7) is 0. The third-order valence-electron chi connectivity index (χ3n) is 3.40. The molecular weight excluding hydrogens is 352 g/mol. The highest BCUT2D eigenvalue weighted by Gasteiger charge is 2.13. The first-order valence-electron chi connectivity index (χ1n) is 7.75. The number of thiazole rings is 1. The molecule has 7 nitrogen and oxygen atoms in total. The lowest BCUT2D eigenvalue weighted by Crippen LogP contribution is -2.16. The summed E-state index contributed by atoms with van der Waals surface area (Å²) < 4.78 is 5.15. The maximum absolute atomic E-state index is 12.2. The highest BCUT2D eigenvalue weighted by atomic mass is 32.1. The summed E-state index contributed by atoms with van der Waals surface area (Å²) >= 11 is 1.27. The van der Waals surface area contributed by atoms with Crippen molar-refractivity contribution >= 4 is 34.1 Å². The largest absolute Gasteiger partial charge is 0.493 e. The number of hydrogen-bond acceptors (Lipinski definition) is 6. The zero-order valence-electron chi connectivity index (χ0n) is 13.9. The molecule has 0 fully saturated rings. The molecule has 0 saturated heterocycles. The topological polar surface area (TPSA) is 93.2 Å². The first kappa shape index (κ1) is 17.6. The van der Waals surface area contributed by atoms with E-state index in [9.17, 15) is 9.59 Å². The van der Waals surface area contributed by atoms with E-state index >= 15 is 0 Å². The van der Waals surface area contributed by atoms with E-state index in [-0.39, 0.29) is 18.2 Å². The van der Waals surface area contributed by atoms with Gasteiger partial charge in [-0.05, 0) is 24.3 Å². The third-order valence-corrected chi connectivity index (χ3v) is 4.20. The molecule has 0 aliphatic rings. The number of nitrogens with one attached hydrogen (secondary N) is 2. The Bertz CT molecular complexity index is 912. The van der Waals surface area contributed by atoms with E-state index in [4.69, 9.17) is 4.74 Å². The van der Waals surface area contributed by atoms with Gasteiger partial charge in [0.05, 0.1) is 19.2 Å². The number of methoxy groups -OCH3 is 1. The lowest BCUT2D eigenvalue weighted by atomic mass is 10.2. The van der Waals surface area contributed by atoms with Gasteiger partial charge in [-0.25, -0.2) is 9.97 Å². The molecule has 26 heavy (non-hydrogen) atoms. The van der Waals surface area contributed by atoms with Crippen molar-refractivity contribution in [2.45, 2.75) is 6.42 Å². The minimum atomic E-state index is -0.270. The Morgan fingerprint density at radius 2 is 1.92 bits per heavy atom. The van der Waals surface area contributed by atoms with Crippen molar-refractivity contribution in [2.75, 3.05) is 17.7 Å². The zero-order chi connectivity index (χ0) is 18.4. The first-order valence-corrected chi connectivity index (χ1v) is 8.63. The molecule has 0 unspecified atom stereocenters. The van der Waals surface area contributed by atoms with Crippen LogP contribution in [0.5, 0.6) is 5.75 Å². The molecule has 2 amide bonds. The van der Waals surface area contributed by atoms with E-state index in [0.717, 1.165) is 0 Å². The monoisotopic (exact) mass is 368 g/mol. The van der Waals surface area contributed by atoms with Crippen LogP contribution in [0.2, 0.25) is 0 Å². The normalized spacial score (nSPS) is 10.2. The van der Waals surface area contributed by atoms with E-state index in [1.165, 1.54) is 18.4 Å². The Labute approximate surface area is 154 Å². The molecule has 0 atom stereocenters. The van der Waals surface area contributed by atoms with Crippen LogP contribution in [0.15, 0.2) is 54.0 Å². The van der Waals surface area contributed by atoms with Crippen LogP contribution < -0.4 is 15.4 Å². The standard InChI is InChI=1S/C18H16N4O3S/c1-25-14-8-5-9-19-16(14)21-15(23)10-13-11-26-18(20-13)22-17(24)12-6-3-2-4-7-12/h2-9,11H,10H2,1H3,(H,19,21,23)(H,20,22,24). The van der Waals surface area contributed by atoms with Crippen LogP contribution in [0, 0.1) is 0 Å². The molecule has 0 aliphatic carbocycles. The molecule has 1 aromatic carbocycles. The van der Waals surface area contributed by atoms with Gasteiger partial charge < -0.3 is 10.1 Å². The second-order valence-corrected chi connectivity index (χ2v) is 6.10. The van der Waals surface area contributed by atoms with E-state index in [0.29, 0.717) is 28.0 Å². The molecule has 2 aromatic heterocycles. The van der Waals surface area contributed by atoms with Crippen molar-refractivity contribution in [2.24, 2.45) is 0 Å². The molecule has 8 heteroatoms. The molecular formula is C18H16N4O3S. The van der Waals surface area contributed by atoms with Crippen molar-refractivity contribution in [1.29, 1.82) is 0 Å². The van der Waals surface area contributed by atoms with Gasteiger partial charge in [0.15, 0.2) is 16.7 Å². The number of carbonyl (C=O) groups is 2. The van der Waals surface area contributed by atoms with Crippen LogP contribution in [0.25, 0.3) is 0 Å². The number of rotatable bonds is 6. The van der Waals surface area contributed by atoms with Gasteiger partial charge in [-0.1, -0.05) is 18.2 Å². The molecule has 0 spiro atoms. The molecule has 0 bridgehead atoms. The SMILES string of the molecule is COc1cccnc1NC(=O)Cc1csc(NC(=O)c2ccccc2)n1. The van der Waals surface area contributed by atoms with E-state index in [2.05, 4.69) is 20.6 Å². The van der Waals surface area contributed by atoms with Crippen molar-refractivity contribution < 1.29 is 14.3 Å². The van der Waals surface area contributed by atoms with Crippen molar-refractivity contribution in [3.63, 3.8) is 0 Å². The summed E-state index contributed by atoms with van der Waals surface area (Å²) in [6.07, 6.45) is 1.63. The number of amides is 2. The van der Waals surface area contributed by atoms with E-state index in [1.807, 2.05) is 6.07 Å². The lowest BCUT2D eigenvalue weighted by molar-refractivity contribution is -0.115. The number of anilines is 2. The summed E-state index contributed by atoms with van der Waals surface area (Å²) in [7, 11) is 1.51. The maximum Gasteiger partial charge on any atom is 0.257 e. The van der Waals surface area contributed by atoms with Gasteiger partial charge in [-0.2, -0.15) is 0 Å². The van der Waals surface area contributed by atoms with Gasteiger partial charge in [0, 0.05) is 17.1 Å². The second-order valence-electron chi connectivity index (χ2n) is 5.24. The average Bonchev–Trinajstić information content (AvgIpc) is 3.09. The van der Waals surface area contributed by atoms with Crippen LogP contribution in [0.3, 0.4) is 0 Å². The second kappa shape index (κ2) is 8.21. The summed E-state index contributed by atoms with van der Waals surface area (Å²) in [5, 5.41) is 7.59. The van der Waals surface area contributed by atoms with Gasteiger partial charge in [0.25, 0.3) is 5.91 Å². The van der Waals surface area contributed by atoms with Gasteiger partial charge in [-0.15, -0.1) is 11.3 Å². The molecule has 3 aromatic rings. The predicted octanol–water partition coefficient (Wildman–Crippen LogP) is 2.98. The smallest absolute Gasteiger partial charge is 0.257 e. The van der Waals surface area contributed by atoms with Gasteiger partial charge in [0.1, 0.15) is 0 Å². The number of benzene rings is 1. The number of nitrogens with zero attached hydrogens (tertiary/aromatic N) is 2. The molecule has 132 valence electrons. The van der Waals surface area contributed by atoms with Crippen LogP contribution in [0.1, 0.15) is 16.1 Å². The summed E-state index contributed by atoms with van der Waals surface area (Å²) in [5.74, 6) is 0.324. The molecule has 0 aliphatic heterocycles. The first-order chi connectivity index (χ1) is 12.7. The molecule has 0 radical (unpaired) electrons. The van der Waals surface area contributed by atoms with Crippen LogP contribution in [-0.2, 0) is 11.2 Å². The lowest BCUT2D eigenvalue weighted by Gasteiger charge is -2.07. The highest BCUT2D eigenvalue weighted by molar-refractivity contribution is 7.14. The maximum atomic E-state index is 12.2. The zero-order valence-corrected chi connectivity index (χ0v) is 14.7. The van der Waals surface area contributed by atoms with Crippen molar-refractivity contribution in [3.05, 3.63) is 65.3 Å². The van der Waals surface area contributed by atoms with Gasteiger partial charge in [-0.3, -0.25) is 14.9 Å². The van der Waals surface area contributed by atoms with Crippen LogP contribution >= 0.6 is 11.3 Å². The quantitative estimate of drug-likeness (QED) is 0.698. The van der Waals surface area contributed by atoms with Crippen LogP contribution in [0.4, 0.5) is 10.9 Å². The Balaban J connectivity index is 1.59. The van der Waals surface area contributed by atoms with E-state index < -0.39 is 0 Å². The fourth-order valence-corrected chi connectivity index (χ4v) is 2.90. The highest BCUT2D eigenvalue weighted by Crippen LogP contribution is 2.21. The Morgan fingerprint density at radius 3 is 2.69 bits per heavy atom. The Morgan fingerprint density at radius 1 is 1.12 bits per heavy atom. The summed E-state index contributed by atoms with van der Waals surface area (Å²) in [4.78, 5) is 32.6. The number of ether oxygens (including phenoxy) is 1. The van der Waals surface area contributed by atoms with Crippen molar-refractivity contribution in [3.8, 4) is 5.75 Å². The van der Waals surface area contributed by atoms with Gasteiger partial charge in [0.2, 0.25) is 5.91 Å². The summed E-state index contributed by atoms with van der Waals surface area (Å²) in [6, 6.07) is 12.3. The molecule has 0 saturated carbocycles. The Kier molecular flexibility index (Phi) is 5.55. The van der Waals surface area contributed by atoms with Crippen molar-refractivity contribution in [1.82, 2.24) is 9.97 Å². The molecule has 3 rings (SSSR count). The van der Waals surface area contributed by atoms with Crippen LogP contribution in [-0.4, -0.2) is 28.9 Å². The summed E-state index contributed by atoms with van der Waals surface area (Å²) in [5.41, 5.74) is 1.11. The minimum Gasteiger partial charge on any atom is -0.493 e. The number of aromatic nitrogens is 2. The number of pyridine rings is 1.